The molecule has 0 spiro atoms. The van der Waals surface area contributed by atoms with E-state index in [2.05, 4.69) is 31.9 Å². The Kier molecular flexibility index (Phi) is 4.49. The van der Waals surface area contributed by atoms with Crippen LogP contribution in [0, 0.1) is 29.1 Å². The summed E-state index contributed by atoms with van der Waals surface area (Å²) in [4.78, 5) is -1.15. The van der Waals surface area contributed by atoms with E-state index in [0.29, 0.717) is 0 Å². The van der Waals surface area contributed by atoms with Gasteiger partial charge < -0.3 is 0 Å². The smallest absolute Gasteiger partial charge is 0.194 e. The SMILES string of the molecule is Fc1cc(C(Br)c2ccc(F)c(F)c2F)c(F)cc1Br. The molecule has 0 nitrogen and oxygen atoms in total. The normalized spacial score (nSPS) is 12.6. The molecule has 7 heteroatoms. The van der Waals surface area contributed by atoms with E-state index in [1.165, 1.54) is 0 Å². The quantitative estimate of drug-likeness (QED) is 0.258. The van der Waals surface area contributed by atoms with Gasteiger partial charge >= 0.3 is 0 Å². The van der Waals surface area contributed by atoms with Crippen LogP contribution in [0.2, 0.25) is 0 Å². The van der Waals surface area contributed by atoms with Gasteiger partial charge in [-0.15, -0.1) is 0 Å². The Balaban J connectivity index is 2.55. The summed E-state index contributed by atoms with van der Waals surface area (Å²) in [5.74, 6) is -6.04. The van der Waals surface area contributed by atoms with E-state index in [0.717, 1.165) is 24.3 Å². The van der Waals surface area contributed by atoms with Crippen LogP contribution in [0.3, 0.4) is 0 Å². The Morgan fingerprint density at radius 1 is 0.750 bits per heavy atom. The van der Waals surface area contributed by atoms with Gasteiger partial charge in [0.05, 0.1) is 9.30 Å². The lowest BCUT2D eigenvalue weighted by Crippen LogP contribution is -2.04. The van der Waals surface area contributed by atoms with E-state index in [1.54, 1.807) is 0 Å². The molecular formula is C13H5Br2F5. The summed E-state index contributed by atoms with van der Waals surface area (Å²) in [5.41, 5.74) is -0.555. The average molecular weight is 416 g/mol. The van der Waals surface area contributed by atoms with Crippen LogP contribution in [0.1, 0.15) is 16.0 Å². The molecule has 2 aromatic rings. The predicted octanol–water partition coefficient (Wildman–Crippen LogP) is 5.63. The molecule has 0 aliphatic heterocycles. The van der Waals surface area contributed by atoms with Gasteiger partial charge in [0.2, 0.25) is 0 Å². The van der Waals surface area contributed by atoms with Crippen molar-refractivity contribution in [3.05, 3.63) is 69.0 Å². The zero-order valence-corrected chi connectivity index (χ0v) is 12.7. The third-order valence-electron chi connectivity index (χ3n) is 2.65. The molecule has 0 saturated carbocycles. The van der Waals surface area contributed by atoms with Crippen molar-refractivity contribution < 1.29 is 22.0 Å². The minimum atomic E-state index is -1.66. The Hall–Kier alpha value is -0.950. The van der Waals surface area contributed by atoms with E-state index in [1.807, 2.05) is 0 Å². The molecule has 20 heavy (non-hydrogen) atoms. The zero-order valence-electron chi connectivity index (χ0n) is 9.53. The molecule has 0 radical (unpaired) electrons. The van der Waals surface area contributed by atoms with Crippen LogP contribution >= 0.6 is 31.9 Å². The molecule has 0 aromatic heterocycles. The first kappa shape index (κ1) is 15.4. The number of benzene rings is 2. The maximum absolute atomic E-state index is 13.8. The fourth-order valence-electron chi connectivity index (χ4n) is 1.64. The van der Waals surface area contributed by atoms with Gasteiger partial charge in [-0.05, 0) is 34.1 Å². The second-order valence-corrected chi connectivity index (χ2v) is 5.68. The highest BCUT2D eigenvalue weighted by molar-refractivity contribution is 9.10. The van der Waals surface area contributed by atoms with Crippen molar-refractivity contribution >= 4 is 31.9 Å². The van der Waals surface area contributed by atoms with Crippen LogP contribution < -0.4 is 0 Å². The van der Waals surface area contributed by atoms with Gasteiger partial charge in [0.25, 0.3) is 0 Å². The fraction of sp³-hybridized carbons (Fsp3) is 0.0769. The summed E-state index contributed by atoms with van der Waals surface area (Å²) in [6, 6.07) is 3.40. The van der Waals surface area contributed by atoms with Crippen molar-refractivity contribution in [2.24, 2.45) is 0 Å². The second kappa shape index (κ2) is 5.81. The molecule has 0 amide bonds. The first-order valence-electron chi connectivity index (χ1n) is 5.24. The minimum Gasteiger partial charge on any atom is -0.207 e. The molecule has 0 saturated heterocycles. The van der Waals surface area contributed by atoms with Crippen LogP contribution in [0.25, 0.3) is 0 Å². The number of hydrogen-bond donors (Lipinski definition) is 0. The molecule has 1 unspecified atom stereocenters. The first-order chi connectivity index (χ1) is 9.32. The molecule has 0 aliphatic carbocycles. The first-order valence-corrected chi connectivity index (χ1v) is 6.95. The minimum absolute atomic E-state index is 0.0933. The molecule has 0 bridgehead atoms. The Labute approximate surface area is 127 Å². The topological polar surface area (TPSA) is 0 Å². The van der Waals surface area contributed by atoms with Crippen molar-refractivity contribution in [1.29, 1.82) is 0 Å². The number of rotatable bonds is 2. The van der Waals surface area contributed by atoms with E-state index in [9.17, 15) is 22.0 Å². The van der Waals surface area contributed by atoms with Crippen molar-refractivity contribution in [3.8, 4) is 0 Å². The molecule has 0 N–H and O–H groups in total. The maximum Gasteiger partial charge on any atom is 0.194 e. The lowest BCUT2D eigenvalue weighted by molar-refractivity contribution is 0.441. The van der Waals surface area contributed by atoms with Crippen LogP contribution in [0.5, 0.6) is 0 Å². The van der Waals surface area contributed by atoms with Crippen LogP contribution in [0.15, 0.2) is 28.7 Å². The highest BCUT2D eigenvalue weighted by Gasteiger charge is 2.23. The van der Waals surface area contributed by atoms with E-state index in [4.69, 9.17) is 0 Å². The second-order valence-electron chi connectivity index (χ2n) is 3.91. The van der Waals surface area contributed by atoms with Gasteiger partial charge in [0, 0.05) is 11.1 Å². The lowest BCUT2D eigenvalue weighted by atomic mass is 10.0. The van der Waals surface area contributed by atoms with Crippen molar-refractivity contribution in [2.45, 2.75) is 4.83 Å². The summed E-state index contributed by atoms with van der Waals surface area (Å²) in [5, 5.41) is 0. The lowest BCUT2D eigenvalue weighted by Gasteiger charge is -2.14. The molecule has 2 aromatic carbocycles. The Morgan fingerprint density at radius 2 is 1.40 bits per heavy atom. The molecule has 1 atom stereocenters. The molecule has 106 valence electrons. The third kappa shape index (κ3) is 2.74. The highest BCUT2D eigenvalue weighted by atomic mass is 79.9. The zero-order chi connectivity index (χ0) is 15.0. The van der Waals surface area contributed by atoms with Crippen LogP contribution in [0.4, 0.5) is 22.0 Å². The molecule has 0 heterocycles. The maximum atomic E-state index is 13.8. The summed E-state index contributed by atoms with van der Waals surface area (Å²) in [6.45, 7) is 0. The molecule has 0 aliphatic rings. The number of halogens is 7. The number of hydrogen-bond acceptors (Lipinski definition) is 0. The monoisotopic (exact) mass is 414 g/mol. The standard InChI is InChI=1S/C13H5Br2F5/c14-7-4-9(17)6(3-10(7)18)11(15)5-1-2-8(16)13(20)12(5)19/h1-4,11H. The van der Waals surface area contributed by atoms with Crippen LogP contribution in [-0.2, 0) is 0 Å². The van der Waals surface area contributed by atoms with Gasteiger partial charge in [0.1, 0.15) is 11.6 Å². The van der Waals surface area contributed by atoms with Gasteiger partial charge in [-0.2, -0.15) is 0 Å². The van der Waals surface area contributed by atoms with E-state index < -0.39 is 33.9 Å². The summed E-state index contributed by atoms with van der Waals surface area (Å²) < 4.78 is 66.7. The van der Waals surface area contributed by atoms with Gasteiger partial charge in [-0.1, -0.05) is 22.0 Å². The van der Waals surface area contributed by atoms with Gasteiger partial charge in [-0.3, -0.25) is 0 Å². The average Bonchev–Trinajstić information content (AvgIpc) is 2.40. The molecular weight excluding hydrogens is 411 g/mol. The summed E-state index contributed by atoms with van der Waals surface area (Å²) in [7, 11) is 0. The summed E-state index contributed by atoms with van der Waals surface area (Å²) in [6.07, 6.45) is 0. The Morgan fingerprint density at radius 3 is 2.05 bits per heavy atom. The number of alkyl halides is 1. The van der Waals surface area contributed by atoms with Crippen molar-refractivity contribution in [3.63, 3.8) is 0 Å². The van der Waals surface area contributed by atoms with E-state index >= 15 is 0 Å². The predicted molar refractivity (Wildman–Crippen MR) is 71.1 cm³/mol. The van der Waals surface area contributed by atoms with Crippen LogP contribution in [-0.4, -0.2) is 0 Å². The van der Waals surface area contributed by atoms with Gasteiger partial charge in [0.15, 0.2) is 17.5 Å². The van der Waals surface area contributed by atoms with E-state index in [-0.39, 0.29) is 15.6 Å². The largest absolute Gasteiger partial charge is 0.207 e. The Bertz CT molecular complexity index is 670. The van der Waals surface area contributed by atoms with Crippen molar-refractivity contribution in [1.82, 2.24) is 0 Å². The summed E-state index contributed by atoms with van der Waals surface area (Å²) >= 11 is 5.77. The molecule has 0 fully saturated rings. The highest BCUT2D eigenvalue weighted by Crippen LogP contribution is 2.36. The molecule has 2 rings (SSSR count). The fourth-order valence-corrected chi connectivity index (χ4v) is 2.66. The van der Waals surface area contributed by atoms with Gasteiger partial charge in [-0.25, -0.2) is 22.0 Å². The third-order valence-corrected chi connectivity index (χ3v) is 4.24. The van der Waals surface area contributed by atoms with Crippen molar-refractivity contribution in [2.75, 3.05) is 0 Å².